The van der Waals surface area contributed by atoms with Gasteiger partial charge in [0.15, 0.2) is 0 Å². The van der Waals surface area contributed by atoms with Crippen LogP contribution < -0.4 is 11.1 Å². The van der Waals surface area contributed by atoms with Crippen LogP contribution in [0.4, 0.5) is 5.82 Å². The SMILES string of the molecule is CC(C)Cn1nccc1NC(=O)C(C)CN. The number of carbonyl (C=O) groups is 1. The maximum atomic E-state index is 11.6. The van der Waals surface area contributed by atoms with Crippen molar-refractivity contribution < 1.29 is 4.79 Å². The van der Waals surface area contributed by atoms with Gasteiger partial charge in [-0.1, -0.05) is 20.8 Å². The molecule has 0 spiro atoms. The van der Waals surface area contributed by atoms with Crippen molar-refractivity contribution in [1.82, 2.24) is 9.78 Å². The lowest BCUT2D eigenvalue weighted by atomic mass is 10.2. The van der Waals surface area contributed by atoms with E-state index in [0.717, 1.165) is 12.4 Å². The molecule has 0 radical (unpaired) electrons. The highest BCUT2D eigenvalue weighted by atomic mass is 16.2. The van der Waals surface area contributed by atoms with Gasteiger partial charge in [-0.3, -0.25) is 4.79 Å². The van der Waals surface area contributed by atoms with Gasteiger partial charge >= 0.3 is 0 Å². The van der Waals surface area contributed by atoms with E-state index in [1.54, 1.807) is 23.9 Å². The Balaban J connectivity index is 2.66. The van der Waals surface area contributed by atoms with Gasteiger partial charge in [-0.2, -0.15) is 5.10 Å². The zero-order valence-electron chi connectivity index (χ0n) is 10.1. The van der Waals surface area contributed by atoms with Crippen LogP contribution >= 0.6 is 0 Å². The number of aromatic nitrogens is 2. The third kappa shape index (κ3) is 3.34. The minimum Gasteiger partial charge on any atom is -0.330 e. The molecule has 0 saturated carbocycles. The molecular formula is C11H20N4O. The zero-order chi connectivity index (χ0) is 12.1. The van der Waals surface area contributed by atoms with Crippen LogP contribution in [-0.4, -0.2) is 22.2 Å². The number of hydrogen-bond donors (Lipinski definition) is 2. The molecule has 3 N–H and O–H groups in total. The van der Waals surface area contributed by atoms with Crippen LogP contribution in [0, 0.1) is 11.8 Å². The highest BCUT2D eigenvalue weighted by Crippen LogP contribution is 2.10. The van der Waals surface area contributed by atoms with Gasteiger partial charge in [-0.05, 0) is 5.92 Å². The molecule has 1 atom stereocenters. The lowest BCUT2D eigenvalue weighted by molar-refractivity contribution is -0.119. The molecule has 1 amide bonds. The van der Waals surface area contributed by atoms with Crippen LogP contribution in [0.5, 0.6) is 0 Å². The molecule has 1 rings (SSSR count). The second-order valence-electron chi connectivity index (χ2n) is 4.42. The van der Waals surface area contributed by atoms with Crippen LogP contribution in [0.25, 0.3) is 0 Å². The Morgan fingerprint density at radius 1 is 1.56 bits per heavy atom. The largest absolute Gasteiger partial charge is 0.330 e. The monoisotopic (exact) mass is 224 g/mol. The van der Waals surface area contributed by atoms with E-state index in [1.807, 2.05) is 0 Å². The predicted molar refractivity (Wildman–Crippen MR) is 63.9 cm³/mol. The molecule has 1 aromatic rings. The van der Waals surface area contributed by atoms with Crippen LogP contribution in [0.1, 0.15) is 20.8 Å². The molecule has 16 heavy (non-hydrogen) atoms. The second kappa shape index (κ2) is 5.65. The third-order valence-corrected chi connectivity index (χ3v) is 2.31. The summed E-state index contributed by atoms with van der Waals surface area (Å²) >= 11 is 0. The Morgan fingerprint density at radius 2 is 2.25 bits per heavy atom. The van der Waals surface area contributed by atoms with Crippen molar-refractivity contribution in [2.75, 3.05) is 11.9 Å². The van der Waals surface area contributed by atoms with E-state index >= 15 is 0 Å². The Labute approximate surface area is 96.0 Å². The van der Waals surface area contributed by atoms with Gasteiger partial charge in [0.1, 0.15) is 5.82 Å². The molecule has 0 saturated heterocycles. The lowest BCUT2D eigenvalue weighted by Crippen LogP contribution is -2.28. The zero-order valence-corrected chi connectivity index (χ0v) is 10.1. The summed E-state index contributed by atoms with van der Waals surface area (Å²) in [4.78, 5) is 11.6. The molecule has 0 aromatic carbocycles. The summed E-state index contributed by atoms with van der Waals surface area (Å²) in [6.45, 7) is 7.16. The number of nitrogens with two attached hydrogens (primary N) is 1. The van der Waals surface area contributed by atoms with Gasteiger partial charge in [-0.15, -0.1) is 0 Å². The molecule has 1 heterocycles. The highest BCUT2D eigenvalue weighted by Gasteiger charge is 2.13. The van der Waals surface area contributed by atoms with E-state index in [0.29, 0.717) is 12.5 Å². The summed E-state index contributed by atoms with van der Waals surface area (Å²) in [6, 6.07) is 1.80. The number of carbonyl (C=O) groups excluding carboxylic acids is 1. The predicted octanol–water partition coefficient (Wildman–Crippen LogP) is 1.07. The fourth-order valence-electron chi connectivity index (χ4n) is 1.29. The van der Waals surface area contributed by atoms with E-state index in [9.17, 15) is 4.79 Å². The Bertz CT molecular complexity index is 346. The van der Waals surface area contributed by atoms with Gasteiger partial charge in [-0.25, -0.2) is 4.68 Å². The molecule has 90 valence electrons. The van der Waals surface area contributed by atoms with E-state index in [2.05, 4.69) is 24.3 Å². The van der Waals surface area contributed by atoms with Gasteiger partial charge in [0, 0.05) is 25.1 Å². The number of hydrogen-bond acceptors (Lipinski definition) is 3. The molecule has 5 heteroatoms. The van der Waals surface area contributed by atoms with E-state index in [4.69, 9.17) is 5.73 Å². The van der Waals surface area contributed by atoms with Crippen molar-refractivity contribution in [3.8, 4) is 0 Å². The first-order valence-electron chi connectivity index (χ1n) is 5.57. The second-order valence-corrected chi connectivity index (χ2v) is 4.42. The molecule has 0 aliphatic heterocycles. The molecule has 0 aliphatic carbocycles. The number of amides is 1. The molecular weight excluding hydrogens is 204 g/mol. The average molecular weight is 224 g/mol. The van der Waals surface area contributed by atoms with Crippen LogP contribution in [0.3, 0.4) is 0 Å². The van der Waals surface area contributed by atoms with Crippen molar-refractivity contribution in [1.29, 1.82) is 0 Å². The Kier molecular flexibility index (Phi) is 4.49. The van der Waals surface area contributed by atoms with Crippen LogP contribution in [0.15, 0.2) is 12.3 Å². The first kappa shape index (κ1) is 12.7. The number of nitrogens with one attached hydrogen (secondary N) is 1. The first-order valence-corrected chi connectivity index (χ1v) is 5.57. The molecule has 0 bridgehead atoms. The van der Waals surface area contributed by atoms with Crippen LogP contribution in [0.2, 0.25) is 0 Å². The summed E-state index contributed by atoms with van der Waals surface area (Å²) in [5.41, 5.74) is 5.44. The highest BCUT2D eigenvalue weighted by molar-refractivity contribution is 5.91. The summed E-state index contributed by atoms with van der Waals surface area (Å²) < 4.78 is 1.80. The molecule has 1 unspecified atom stereocenters. The molecule has 1 aromatic heterocycles. The van der Waals surface area contributed by atoms with Gasteiger partial charge in [0.25, 0.3) is 0 Å². The Morgan fingerprint density at radius 3 is 2.81 bits per heavy atom. The van der Waals surface area contributed by atoms with Crippen LogP contribution in [-0.2, 0) is 11.3 Å². The van der Waals surface area contributed by atoms with E-state index < -0.39 is 0 Å². The smallest absolute Gasteiger partial charge is 0.229 e. The van der Waals surface area contributed by atoms with Crippen molar-refractivity contribution in [3.63, 3.8) is 0 Å². The standard InChI is InChI=1S/C11H20N4O/c1-8(2)7-15-10(4-5-13-15)14-11(16)9(3)6-12/h4-5,8-9H,6-7,12H2,1-3H3,(H,14,16). The summed E-state index contributed by atoms with van der Waals surface area (Å²) in [7, 11) is 0. The lowest BCUT2D eigenvalue weighted by Gasteiger charge is -2.13. The van der Waals surface area contributed by atoms with Crippen molar-refractivity contribution in [2.45, 2.75) is 27.3 Å². The third-order valence-electron chi connectivity index (χ3n) is 2.31. The molecule has 0 fully saturated rings. The maximum absolute atomic E-state index is 11.6. The van der Waals surface area contributed by atoms with Gasteiger partial charge in [0.05, 0.1) is 6.20 Å². The summed E-state index contributed by atoms with van der Waals surface area (Å²) in [5.74, 6) is 0.983. The first-order chi connectivity index (χ1) is 7.54. The maximum Gasteiger partial charge on any atom is 0.229 e. The van der Waals surface area contributed by atoms with Gasteiger partial charge < -0.3 is 11.1 Å². The van der Waals surface area contributed by atoms with Gasteiger partial charge in [0.2, 0.25) is 5.91 Å². The Hall–Kier alpha value is -1.36. The summed E-state index contributed by atoms with van der Waals surface area (Å²) in [5, 5.41) is 6.99. The number of anilines is 1. The fourth-order valence-corrected chi connectivity index (χ4v) is 1.29. The minimum absolute atomic E-state index is 0.0620. The minimum atomic E-state index is -0.178. The fraction of sp³-hybridized carbons (Fsp3) is 0.636. The van der Waals surface area contributed by atoms with E-state index in [-0.39, 0.29) is 11.8 Å². The van der Waals surface area contributed by atoms with Crippen molar-refractivity contribution >= 4 is 11.7 Å². The molecule has 5 nitrogen and oxygen atoms in total. The quantitative estimate of drug-likeness (QED) is 0.785. The number of rotatable bonds is 5. The number of nitrogens with zero attached hydrogens (tertiary/aromatic N) is 2. The normalized spacial score (nSPS) is 12.8. The van der Waals surface area contributed by atoms with Crippen molar-refractivity contribution in [3.05, 3.63) is 12.3 Å². The topological polar surface area (TPSA) is 72.9 Å². The average Bonchev–Trinajstić information content (AvgIpc) is 2.63. The van der Waals surface area contributed by atoms with E-state index in [1.165, 1.54) is 0 Å². The molecule has 0 aliphatic rings. The van der Waals surface area contributed by atoms with Crippen molar-refractivity contribution in [2.24, 2.45) is 17.6 Å². The summed E-state index contributed by atoms with van der Waals surface area (Å²) in [6.07, 6.45) is 1.69.